The van der Waals surface area contributed by atoms with Crippen molar-refractivity contribution in [2.24, 2.45) is 0 Å². The van der Waals surface area contributed by atoms with Gasteiger partial charge in [-0.1, -0.05) is 5.21 Å². The number of aliphatic hydroxyl groups is 1. The Morgan fingerprint density at radius 3 is 2.86 bits per heavy atom. The number of rotatable bonds is 5. The molecule has 3 rings (SSSR count). The summed E-state index contributed by atoms with van der Waals surface area (Å²) < 4.78 is 1.39. The summed E-state index contributed by atoms with van der Waals surface area (Å²) in [5, 5.41) is 27.9. The molecular formula is C12H13N4NaO4. The number of aromatic nitrogens is 3. The Kier molecular flexibility index (Phi) is 4.82. The molecule has 9 heteroatoms. The van der Waals surface area contributed by atoms with Crippen LogP contribution < -0.4 is 34.7 Å². The van der Waals surface area contributed by atoms with Gasteiger partial charge in [-0.25, -0.2) is 4.68 Å². The maximum atomic E-state index is 11.5. The molecule has 0 bridgehead atoms. The summed E-state index contributed by atoms with van der Waals surface area (Å²) in [6, 6.07) is -0.101. The van der Waals surface area contributed by atoms with Crippen molar-refractivity contribution in [3.63, 3.8) is 0 Å². The normalized spacial score (nSPS) is 20.1. The summed E-state index contributed by atoms with van der Waals surface area (Å²) in [5.41, 5.74) is 0.998. The molecule has 1 aromatic heterocycles. The van der Waals surface area contributed by atoms with Gasteiger partial charge in [0.05, 0.1) is 35.3 Å². The first-order valence-electron chi connectivity index (χ1n) is 6.41. The quantitative estimate of drug-likeness (QED) is 0.431. The van der Waals surface area contributed by atoms with Crippen molar-refractivity contribution >= 4 is 17.6 Å². The van der Waals surface area contributed by atoms with Crippen LogP contribution in [0.15, 0.2) is 11.9 Å². The Bertz CT molecular complexity index is 612. The van der Waals surface area contributed by atoms with E-state index in [0.717, 1.165) is 0 Å². The number of carbonyl (C=O) groups is 2. The van der Waals surface area contributed by atoms with Crippen LogP contribution in [0.4, 0.5) is 0 Å². The fourth-order valence-corrected chi connectivity index (χ4v) is 2.64. The Labute approximate surface area is 142 Å². The van der Waals surface area contributed by atoms with E-state index in [-0.39, 0.29) is 53.8 Å². The van der Waals surface area contributed by atoms with Crippen LogP contribution in [-0.2, 0) is 16.0 Å². The first-order valence-corrected chi connectivity index (χ1v) is 6.41. The minimum Gasteiger partial charge on any atom is -0.543 e. The Morgan fingerprint density at radius 2 is 2.24 bits per heavy atom. The van der Waals surface area contributed by atoms with E-state index in [2.05, 4.69) is 10.3 Å². The molecule has 1 amide bonds. The SMILES string of the molecule is O=C([O-])C1=C(n2cc(CCCO)nn2)C[C@@H]2CC(=O)N12.[Na+]. The molecule has 1 fully saturated rings. The predicted molar refractivity (Wildman–Crippen MR) is 63.5 cm³/mol. The molecule has 1 atom stereocenters. The molecule has 1 N–H and O–H groups in total. The number of carboxylic acids is 1. The van der Waals surface area contributed by atoms with Gasteiger partial charge in [0.1, 0.15) is 0 Å². The van der Waals surface area contributed by atoms with Crippen LogP contribution in [0.1, 0.15) is 25.0 Å². The maximum absolute atomic E-state index is 11.5. The second-order valence-electron chi connectivity index (χ2n) is 4.89. The maximum Gasteiger partial charge on any atom is 1.00 e. The number of aliphatic hydroxyl groups excluding tert-OH is 1. The Morgan fingerprint density at radius 1 is 1.48 bits per heavy atom. The van der Waals surface area contributed by atoms with Gasteiger partial charge < -0.3 is 19.9 Å². The van der Waals surface area contributed by atoms with Crippen molar-refractivity contribution in [1.29, 1.82) is 0 Å². The zero-order valence-electron chi connectivity index (χ0n) is 11.7. The Balaban J connectivity index is 0.00000161. The van der Waals surface area contributed by atoms with Crippen molar-refractivity contribution in [3.8, 4) is 0 Å². The number of hydrogen-bond donors (Lipinski definition) is 1. The van der Waals surface area contributed by atoms with Gasteiger partial charge in [0.2, 0.25) is 5.91 Å². The Hall–Kier alpha value is -1.22. The van der Waals surface area contributed by atoms with E-state index in [1.165, 1.54) is 9.58 Å². The predicted octanol–water partition coefficient (Wildman–Crippen LogP) is -4.87. The fourth-order valence-electron chi connectivity index (χ4n) is 2.64. The first-order chi connectivity index (χ1) is 9.61. The summed E-state index contributed by atoms with van der Waals surface area (Å²) in [7, 11) is 0. The molecule has 2 aliphatic rings. The minimum atomic E-state index is -1.37. The number of nitrogens with zero attached hydrogens (tertiary/aromatic N) is 4. The van der Waals surface area contributed by atoms with Crippen LogP contribution in [0.25, 0.3) is 5.70 Å². The van der Waals surface area contributed by atoms with E-state index in [4.69, 9.17) is 5.11 Å². The number of fused-ring (bicyclic) bond motifs is 1. The van der Waals surface area contributed by atoms with E-state index in [1.807, 2.05) is 0 Å². The van der Waals surface area contributed by atoms with Crippen LogP contribution in [0.2, 0.25) is 0 Å². The molecule has 0 aliphatic carbocycles. The van der Waals surface area contributed by atoms with Crippen LogP contribution in [-0.4, -0.2) is 49.5 Å². The topological polar surface area (TPSA) is 111 Å². The number of carboxylic acid groups (broad SMARTS) is 1. The zero-order valence-corrected chi connectivity index (χ0v) is 13.7. The van der Waals surface area contributed by atoms with E-state index >= 15 is 0 Å². The van der Waals surface area contributed by atoms with Crippen molar-refractivity contribution in [3.05, 3.63) is 17.6 Å². The summed E-state index contributed by atoms with van der Waals surface area (Å²) in [6.45, 7) is 0.0597. The summed E-state index contributed by atoms with van der Waals surface area (Å²) in [4.78, 5) is 24.0. The van der Waals surface area contributed by atoms with Crippen molar-refractivity contribution in [2.45, 2.75) is 31.7 Å². The molecule has 8 nitrogen and oxygen atoms in total. The summed E-state index contributed by atoms with van der Waals surface area (Å²) >= 11 is 0. The van der Waals surface area contributed by atoms with Gasteiger partial charge in [0.15, 0.2) is 0 Å². The second-order valence-corrected chi connectivity index (χ2v) is 4.89. The average Bonchev–Trinajstić information content (AvgIpc) is 2.97. The molecule has 1 aromatic rings. The van der Waals surface area contributed by atoms with Crippen LogP contribution in [0.3, 0.4) is 0 Å². The summed E-state index contributed by atoms with van der Waals surface area (Å²) in [5.74, 6) is -1.58. The van der Waals surface area contributed by atoms with Gasteiger partial charge in [-0.3, -0.25) is 4.79 Å². The van der Waals surface area contributed by atoms with Crippen LogP contribution in [0, 0.1) is 0 Å². The molecule has 0 spiro atoms. The molecular weight excluding hydrogens is 287 g/mol. The van der Waals surface area contributed by atoms with Crippen molar-refractivity contribution in [2.75, 3.05) is 6.61 Å². The van der Waals surface area contributed by atoms with Gasteiger partial charge in [0, 0.05) is 19.4 Å². The molecule has 0 unspecified atom stereocenters. The molecule has 2 aliphatic heterocycles. The zero-order chi connectivity index (χ0) is 14.3. The van der Waals surface area contributed by atoms with Crippen molar-refractivity contribution < 1.29 is 49.4 Å². The smallest absolute Gasteiger partial charge is 0.543 e. The second kappa shape index (κ2) is 6.27. The third kappa shape index (κ3) is 2.76. The standard InChI is InChI=1S/C12H14N4O4.Na/c17-3-1-2-7-6-15(14-13-7)9-4-8-5-10(18)16(8)11(9)12(19)20;/h6,8,17H,1-5H2,(H,19,20);/q;+1/p-1/t8-;/m1./s1. The fraction of sp³-hybridized carbons (Fsp3) is 0.500. The number of carbonyl (C=O) groups excluding carboxylic acids is 2. The minimum absolute atomic E-state index is 0. The van der Waals surface area contributed by atoms with E-state index in [0.29, 0.717) is 37.1 Å². The third-order valence-electron chi connectivity index (χ3n) is 3.59. The molecule has 21 heavy (non-hydrogen) atoms. The number of amides is 1. The van der Waals surface area contributed by atoms with Gasteiger partial charge in [-0.2, -0.15) is 0 Å². The van der Waals surface area contributed by atoms with Gasteiger partial charge in [-0.15, -0.1) is 5.10 Å². The van der Waals surface area contributed by atoms with E-state index < -0.39 is 5.97 Å². The van der Waals surface area contributed by atoms with E-state index in [1.54, 1.807) is 6.20 Å². The van der Waals surface area contributed by atoms with Gasteiger partial charge in [0.25, 0.3) is 0 Å². The van der Waals surface area contributed by atoms with Crippen molar-refractivity contribution in [1.82, 2.24) is 19.9 Å². The number of β-lactam (4-membered cyclic amide) rings is 1. The van der Waals surface area contributed by atoms with Crippen LogP contribution in [0.5, 0.6) is 0 Å². The number of hydrogen-bond acceptors (Lipinski definition) is 6. The molecule has 0 aromatic carbocycles. The van der Waals surface area contributed by atoms with Crippen LogP contribution >= 0.6 is 0 Å². The number of aliphatic carboxylic acids is 1. The first kappa shape index (κ1) is 16.2. The largest absolute Gasteiger partial charge is 1.00 e. The molecule has 0 saturated carbocycles. The van der Waals surface area contributed by atoms with Gasteiger partial charge in [-0.05, 0) is 12.8 Å². The average molecular weight is 300 g/mol. The molecule has 0 radical (unpaired) electrons. The van der Waals surface area contributed by atoms with E-state index in [9.17, 15) is 14.7 Å². The third-order valence-corrected chi connectivity index (χ3v) is 3.59. The van der Waals surface area contributed by atoms with Gasteiger partial charge >= 0.3 is 29.6 Å². The number of aryl methyl sites for hydroxylation is 1. The molecule has 1 saturated heterocycles. The molecule has 3 heterocycles. The summed E-state index contributed by atoms with van der Waals surface area (Å²) in [6.07, 6.45) is 3.56. The monoisotopic (exact) mass is 300 g/mol. The molecule has 106 valence electrons.